The second-order valence-corrected chi connectivity index (χ2v) is 8.96. The first-order chi connectivity index (χ1) is 17.7. The van der Waals surface area contributed by atoms with Crippen LogP contribution in [0.3, 0.4) is 0 Å². The number of aromatic nitrogens is 3. The van der Waals surface area contributed by atoms with Gasteiger partial charge in [0.05, 0.1) is 17.4 Å². The average Bonchev–Trinajstić information content (AvgIpc) is 3.31. The molecular weight excluding hydrogens is 487 g/mol. The van der Waals surface area contributed by atoms with E-state index in [1.54, 1.807) is 13.0 Å². The molecule has 1 fully saturated rings. The summed E-state index contributed by atoms with van der Waals surface area (Å²) < 4.78 is 44.1. The fourth-order valence-electron chi connectivity index (χ4n) is 4.75. The number of anilines is 2. The van der Waals surface area contributed by atoms with E-state index >= 15 is 0 Å². The van der Waals surface area contributed by atoms with Gasteiger partial charge in [-0.2, -0.15) is 9.61 Å². The number of aryl methyl sites for hydroxylation is 1. The van der Waals surface area contributed by atoms with E-state index < -0.39 is 41.0 Å². The molecule has 8 nitrogen and oxygen atoms in total. The van der Waals surface area contributed by atoms with Crippen molar-refractivity contribution in [1.82, 2.24) is 19.9 Å². The van der Waals surface area contributed by atoms with Gasteiger partial charge in [0.1, 0.15) is 28.8 Å². The molecule has 190 valence electrons. The first-order valence-corrected chi connectivity index (χ1v) is 11.6. The van der Waals surface area contributed by atoms with E-state index in [0.29, 0.717) is 13.0 Å². The molecule has 0 amide bonds. The maximum Gasteiger partial charge on any atom is 0.341 e. The Labute approximate surface area is 209 Å². The van der Waals surface area contributed by atoms with Crippen LogP contribution in [0.5, 0.6) is 0 Å². The normalized spacial score (nSPS) is 17.6. The quantitative estimate of drug-likeness (QED) is 0.329. The monoisotopic (exact) mass is 509 g/mol. The molecule has 2 aromatic heterocycles. The highest BCUT2D eigenvalue weighted by Gasteiger charge is 2.36. The van der Waals surface area contributed by atoms with E-state index in [2.05, 4.69) is 20.7 Å². The Morgan fingerprint density at radius 1 is 1.08 bits per heavy atom. The Morgan fingerprint density at radius 2 is 1.89 bits per heavy atom. The Bertz CT molecular complexity index is 1540. The minimum absolute atomic E-state index is 0.0228. The number of ketones is 1. The highest BCUT2D eigenvalue weighted by atomic mass is 19.1. The zero-order valence-corrected chi connectivity index (χ0v) is 19.6. The number of nitrogens with one attached hydrogen (secondary N) is 2. The number of piperidine rings is 1. The lowest BCUT2D eigenvalue weighted by atomic mass is 9.77. The number of carboxylic acids is 1. The summed E-state index contributed by atoms with van der Waals surface area (Å²) in [5, 5.41) is 19.6. The molecule has 3 heterocycles. The molecule has 0 radical (unpaired) electrons. The number of carbonyl (C=O) groups excluding carboxylic acids is 1. The van der Waals surface area contributed by atoms with Crippen LogP contribution >= 0.6 is 0 Å². The molecule has 1 aliphatic heterocycles. The molecule has 0 bridgehead atoms. The molecule has 2 atom stereocenters. The van der Waals surface area contributed by atoms with Gasteiger partial charge < -0.3 is 15.7 Å². The number of hydrogen-bond donors (Lipinski definition) is 3. The van der Waals surface area contributed by atoms with Crippen LogP contribution in [0.1, 0.15) is 44.2 Å². The van der Waals surface area contributed by atoms with Crippen molar-refractivity contribution in [3.05, 3.63) is 88.5 Å². The van der Waals surface area contributed by atoms with Crippen molar-refractivity contribution in [1.29, 1.82) is 0 Å². The summed E-state index contributed by atoms with van der Waals surface area (Å²) in [5.74, 6) is -5.04. The number of nitrogens with zero attached hydrogens (tertiary/aromatic N) is 3. The number of benzene rings is 2. The summed E-state index contributed by atoms with van der Waals surface area (Å²) in [5.41, 5.74) is 0.810. The first kappa shape index (κ1) is 24.4. The highest BCUT2D eigenvalue weighted by Crippen LogP contribution is 2.36. The molecule has 11 heteroatoms. The van der Waals surface area contributed by atoms with Gasteiger partial charge in [-0.1, -0.05) is 12.1 Å². The number of fused-ring (bicyclic) bond motifs is 1. The summed E-state index contributed by atoms with van der Waals surface area (Å²) >= 11 is 0. The van der Waals surface area contributed by atoms with E-state index in [1.165, 1.54) is 24.4 Å². The van der Waals surface area contributed by atoms with E-state index in [-0.39, 0.29) is 40.4 Å². The number of rotatable bonds is 6. The van der Waals surface area contributed by atoms with Gasteiger partial charge in [-0.05, 0) is 55.1 Å². The lowest BCUT2D eigenvalue weighted by Gasteiger charge is -2.32. The minimum atomic E-state index is -1.27. The minimum Gasteiger partial charge on any atom is -0.477 e. The molecule has 0 saturated carbocycles. The van der Waals surface area contributed by atoms with Crippen molar-refractivity contribution in [3.63, 3.8) is 0 Å². The molecule has 37 heavy (non-hydrogen) atoms. The Balaban J connectivity index is 1.63. The molecule has 3 N–H and O–H groups in total. The van der Waals surface area contributed by atoms with Crippen molar-refractivity contribution in [2.24, 2.45) is 5.92 Å². The smallest absolute Gasteiger partial charge is 0.341 e. The van der Waals surface area contributed by atoms with Crippen molar-refractivity contribution >= 4 is 28.9 Å². The predicted molar refractivity (Wildman–Crippen MR) is 129 cm³/mol. The van der Waals surface area contributed by atoms with Crippen LogP contribution in [0.2, 0.25) is 0 Å². The number of hydrogen-bond acceptors (Lipinski definition) is 6. The van der Waals surface area contributed by atoms with Gasteiger partial charge in [0.15, 0.2) is 11.4 Å². The number of carbonyl (C=O) groups is 2. The zero-order chi connectivity index (χ0) is 26.3. The molecule has 1 saturated heterocycles. The molecule has 0 spiro atoms. The van der Waals surface area contributed by atoms with Crippen molar-refractivity contribution in [2.75, 3.05) is 18.4 Å². The van der Waals surface area contributed by atoms with Crippen molar-refractivity contribution in [3.8, 4) is 0 Å². The van der Waals surface area contributed by atoms with Crippen molar-refractivity contribution in [2.45, 2.75) is 19.3 Å². The van der Waals surface area contributed by atoms with Crippen LogP contribution in [-0.2, 0) is 0 Å². The lowest BCUT2D eigenvalue weighted by Crippen LogP contribution is -2.40. The average molecular weight is 509 g/mol. The van der Waals surface area contributed by atoms with Crippen LogP contribution in [0, 0.1) is 30.3 Å². The molecule has 1 aliphatic rings. The lowest BCUT2D eigenvalue weighted by molar-refractivity contribution is 0.0698. The van der Waals surface area contributed by atoms with E-state index in [4.69, 9.17) is 0 Å². The summed E-state index contributed by atoms with van der Waals surface area (Å²) in [6, 6.07) is 7.67. The summed E-state index contributed by atoms with van der Waals surface area (Å²) in [6.07, 6.45) is 2.74. The van der Waals surface area contributed by atoms with Crippen LogP contribution < -0.4 is 10.6 Å². The molecular formula is C26H22F3N5O3. The number of aromatic carboxylic acids is 1. The Hall–Kier alpha value is -4.25. The van der Waals surface area contributed by atoms with Crippen LogP contribution in [0.15, 0.2) is 48.8 Å². The van der Waals surface area contributed by atoms with E-state index in [0.717, 1.165) is 28.4 Å². The summed E-state index contributed by atoms with van der Waals surface area (Å²) in [4.78, 5) is 29.8. The molecule has 2 unspecified atom stereocenters. The third-order valence-corrected chi connectivity index (χ3v) is 6.58. The van der Waals surface area contributed by atoms with Gasteiger partial charge in [0.2, 0.25) is 0 Å². The van der Waals surface area contributed by atoms with Gasteiger partial charge in [-0.3, -0.25) is 4.79 Å². The first-order valence-electron chi connectivity index (χ1n) is 11.6. The van der Waals surface area contributed by atoms with Crippen LogP contribution in [0.25, 0.3) is 5.65 Å². The molecule has 2 aromatic carbocycles. The fraction of sp³-hybridized carbons (Fsp3) is 0.231. The second kappa shape index (κ2) is 9.66. The van der Waals surface area contributed by atoms with Crippen LogP contribution in [-0.4, -0.2) is 44.5 Å². The largest absolute Gasteiger partial charge is 0.477 e. The number of Topliss-reactive ketones (excluding diaryl/α,β-unsaturated/α-hetero) is 1. The third kappa shape index (κ3) is 4.53. The van der Waals surface area contributed by atoms with Gasteiger partial charge in [0, 0.05) is 24.7 Å². The topological polar surface area (TPSA) is 109 Å². The van der Waals surface area contributed by atoms with Gasteiger partial charge in [-0.25, -0.2) is 22.9 Å². The third-order valence-electron chi connectivity index (χ3n) is 6.58. The molecule has 0 aliphatic carbocycles. The van der Waals surface area contributed by atoms with Gasteiger partial charge in [0.25, 0.3) is 0 Å². The summed E-state index contributed by atoms with van der Waals surface area (Å²) in [6.45, 7) is 2.52. The Kier molecular flexibility index (Phi) is 6.38. The van der Waals surface area contributed by atoms with Gasteiger partial charge in [-0.15, -0.1) is 0 Å². The maximum atomic E-state index is 14.7. The Morgan fingerprint density at radius 3 is 2.65 bits per heavy atom. The predicted octanol–water partition coefficient (Wildman–Crippen LogP) is 4.47. The fourth-order valence-corrected chi connectivity index (χ4v) is 4.75. The van der Waals surface area contributed by atoms with Crippen molar-refractivity contribution < 1.29 is 27.9 Å². The number of carboxylic acid groups (broad SMARTS) is 1. The van der Waals surface area contributed by atoms with E-state index in [1.807, 2.05) is 0 Å². The zero-order valence-electron chi connectivity index (χ0n) is 19.6. The highest BCUT2D eigenvalue weighted by molar-refractivity contribution is 6.04. The van der Waals surface area contributed by atoms with Gasteiger partial charge >= 0.3 is 5.97 Å². The standard InChI is InChI=1S/C26H22F3N5O3/c1-13-2-5-20(28)22(8-13)33-25-18(11-31-24-19(26(36)37)12-32-34(24)25)23(35)17-10-30-7-6-15(17)16-4-3-14(27)9-21(16)29/h2-5,8-9,11-12,15,17,30,33H,6-7,10H2,1H3,(H,36,37). The molecule has 5 rings (SSSR count). The van der Waals surface area contributed by atoms with Crippen LogP contribution in [0.4, 0.5) is 24.7 Å². The molecule has 4 aromatic rings. The second-order valence-electron chi connectivity index (χ2n) is 8.96. The number of halogens is 3. The van der Waals surface area contributed by atoms with E-state index in [9.17, 15) is 27.9 Å². The maximum absolute atomic E-state index is 14.7. The SMILES string of the molecule is Cc1ccc(F)c(Nc2c(C(=O)C3CNCCC3c3ccc(F)cc3F)cnc3c(C(=O)O)cnn23)c1. The summed E-state index contributed by atoms with van der Waals surface area (Å²) in [7, 11) is 0.